The van der Waals surface area contributed by atoms with Crippen molar-refractivity contribution in [3.8, 4) is 11.4 Å². The van der Waals surface area contributed by atoms with E-state index in [1.807, 2.05) is 4.90 Å². The topological polar surface area (TPSA) is 138 Å². The summed E-state index contributed by atoms with van der Waals surface area (Å²) in [7, 11) is 0. The van der Waals surface area contributed by atoms with Crippen LogP contribution in [0, 0.1) is 5.21 Å². The van der Waals surface area contributed by atoms with E-state index in [0.29, 0.717) is 36.8 Å². The molecule has 4 rings (SSSR count). The molecule has 1 fully saturated rings. The largest absolute Gasteiger partial charge is 0.733 e. The third-order valence-corrected chi connectivity index (χ3v) is 4.34. The number of nitrogens with zero attached hydrogens (tertiary/aromatic N) is 5. The molecular weight excluding hydrogens is 340 g/mol. The minimum atomic E-state index is -0.489. The number of anilines is 1. The van der Waals surface area contributed by atoms with E-state index in [4.69, 9.17) is 9.73 Å². The Bertz CT molecular complexity index is 865. The highest BCUT2D eigenvalue weighted by molar-refractivity contribution is 5.62. The van der Waals surface area contributed by atoms with Gasteiger partial charge in [0.2, 0.25) is 11.7 Å². The normalized spacial score (nSPS) is 20.6. The number of aliphatic hydroxyl groups is 1. The first-order valence-corrected chi connectivity index (χ1v) is 8.10. The zero-order valence-electron chi connectivity index (χ0n) is 13.7. The van der Waals surface area contributed by atoms with Crippen molar-refractivity contribution in [3.05, 3.63) is 53.6 Å². The van der Waals surface area contributed by atoms with E-state index >= 15 is 0 Å². The van der Waals surface area contributed by atoms with Crippen molar-refractivity contribution in [1.29, 1.82) is 0 Å². The smallest absolute Gasteiger partial charge is 0.244 e. The fraction of sp³-hybridized carbons (Fsp3) is 0.312. The first kappa shape index (κ1) is 16.7. The number of aromatic nitrogens is 4. The number of likely N-dealkylation sites (tertiary alicyclic amines) is 1. The van der Waals surface area contributed by atoms with Gasteiger partial charge in [0.1, 0.15) is 5.82 Å². The number of imidazole rings is 1. The van der Waals surface area contributed by atoms with Gasteiger partial charge in [0.25, 0.3) is 0 Å². The van der Waals surface area contributed by atoms with Crippen molar-refractivity contribution >= 4 is 5.69 Å². The summed E-state index contributed by atoms with van der Waals surface area (Å²) in [5, 5.41) is 33.9. The SMILES string of the molecule is [O-]N(O)c1cccc(-c2noc(C3CC(O)CN3Cc3ncc[nH]3)n2)c1. The zero-order valence-corrected chi connectivity index (χ0v) is 13.7. The lowest BCUT2D eigenvalue weighted by atomic mass is 10.2. The average Bonchev–Trinajstić information content (AvgIpc) is 3.36. The molecule has 1 aliphatic heterocycles. The number of hydrogen-bond acceptors (Lipinski definition) is 9. The van der Waals surface area contributed by atoms with Gasteiger partial charge in [-0.15, -0.1) is 0 Å². The number of benzene rings is 1. The lowest BCUT2D eigenvalue weighted by Crippen LogP contribution is -2.25. The van der Waals surface area contributed by atoms with Gasteiger partial charge in [0.15, 0.2) is 0 Å². The first-order chi connectivity index (χ1) is 12.6. The Kier molecular flexibility index (Phi) is 4.39. The number of hydrogen-bond donors (Lipinski definition) is 3. The third-order valence-electron chi connectivity index (χ3n) is 4.34. The van der Waals surface area contributed by atoms with E-state index in [9.17, 15) is 10.3 Å². The molecule has 2 unspecified atom stereocenters. The van der Waals surface area contributed by atoms with E-state index in [2.05, 4.69) is 20.1 Å². The molecule has 10 nitrogen and oxygen atoms in total. The van der Waals surface area contributed by atoms with Gasteiger partial charge in [-0.3, -0.25) is 10.1 Å². The van der Waals surface area contributed by atoms with Gasteiger partial charge in [0.05, 0.1) is 24.4 Å². The molecule has 3 N–H and O–H groups in total. The van der Waals surface area contributed by atoms with Crippen LogP contribution in [-0.4, -0.2) is 48.0 Å². The predicted molar refractivity (Wildman–Crippen MR) is 89.7 cm³/mol. The Morgan fingerprint density at radius 3 is 3.08 bits per heavy atom. The van der Waals surface area contributed by atoms with Crippen LogP contribution < -0.4 is 5.23 Å². The molecule has 0 aliphatic carbocycles. The highest BCUT2D eigenvalue weighted by atomic mass is 16.8. The number of rotatable bonds is 5. The van der Waals surface area contributed by atoms with Crippen molar-refractivity contribution in [1.82, 2.24) is 25.0 Å². The summed E-state index contributed by atoms with van der Waals surface area (Å²) in [5.74, 6) is 1.48. The van der Waals surface area contributed by atoms with Crippen molar-refractivity contribution in [2.45, 2.75) is 25.1 Å². The van der Waals surface area contributed by atoms with Crippen molar-refractivity contribution in [2.24, 2.45) is 0 Å². The van der Waals surface area contributed by atoms with Crippen LogP contribution >= 0.6 is 0 Å². The third kappa shape index (κ3) is 3.30. The highest BCUT2D eigenvalue weighted by Gasteiger charge is 2.36. The van der Waals surface area contributed by atoms with E-state index in [1.165, 1.54) is 12.1 Å². The highest BCUT2D eigenvalue weighted by Crippen LogP contribution is 2.33. The Hall–Kier alpha value is -2.79. The van der Waals surface area contributed by atoms with Crippen molar-refractivity contribution in [2.75, 3.05) is 11.8 Å². The maximum atomic E-state index is 11.0. The van der Waals surface area contributed by atoms with Crippen LogP contribution in [0.25, 0.3) is 11.4 Å². The summed E-state index contributed by atoms with van der Waals surface area (Å²) in [6, 6.07) is 6.03. The van der Waals surface area contributed by atoms with Crippen LogP contribution in [0.5, 0.6) is 0 Å². The summed E-state index contributed by atoms with van der Waals surface area (Å²) in [6.45, 7) is 1.01. The Labute approximate surface area is 148 Å². The molecular formula is C16H17N6O4-. The molecule has 1 aliphatic rings. The molecule has 3 aromatic rings. The van der Waals surface area contributed by atoms with Crippen LogP contribution in [0.4, 0.5) is 5.69 Å². The molecule has 2 atom stereocenters. The molecule has 26 heavy (non-hydrogen) atoms. The van der Waals surface area contributed by atoms with Gasteiger partial charge in [0, 0.05) is 24.5 Å². The van der Waals surface area contributed by atoms with Gasteiger partial charge in [-0.2, -0.15) is 4.98 Å². The van der Waals surface area contributed by atoms with Crippen LogP contribution in [0.2, 0.25) is 0 Å². The molecule has 0 amide bonds. The predicted octanol–water partition coefficient (Wildman–Crippen LogP) is 1.46. The fourth-order valence-electron chi connectivity index (χ4n) is 3.14. The Morgan fingerprint density at radius 2 is 2.31 bits per heavy atom. The zero-order chi connectivity index (χ0) is 18.1. The number of H-pyrrole nitrogens is 1. The van der Waals surface area contributed by atoms with E-state index < -0.39 is 6.10 Å². The van der Waals surface area contributed by atoms with E-state index in [0.717, 1.165) is 5.82 Å². The Balaban J connectivity index is 1.57. The fourth-order valence-corrected chi connectivity index (χ4v) is 3.14. The molecule has 136 valence electrons. The van der Waals surface area contributed by atoms with Gasteiger partial charge in [-0.05, 0) is 18.6 Å². The second-order valence-electron chi connectivity index (χ2n) is 6.15. The minimum absolute atomic E-state index is 0.0737. The van der Waals surface area contributed by atoms with E-state index in [1.54, 1.807) is 24.5 Å². The minimum Gasteiger partial charge on any atom is -0.733 e. The molecule has 2 aromatic heterocycles. The second-order valence-corrected chi connectivity index (χ2v) is 6.15. The van der Waals surface area contributed by atoms with Crippen LogP contribution in [-0.2, 0) is 6.54 Å². The Morgan fingerprint density at radius 1 is 1.42 bits per heavy atom. The van der Waals surface area contributed by atoms with Crippen LogP contribution in [0.15, 0.2) is 41.2 Å². The quantitative estimate of drug-likeness (QED) is 0.579. The molecule has 1 aromatic carbocycles. The van der Waals surface area contributed by atoms with Gasteiger partial charge in [-0.1, -0.05) is 17.3 Å². The van der Waals surface area contributed by atoms with Crippen LogP contribution in [0.1, 0.15) is 24.2 Å². The number of β-amino-alcohol motifs (C(OH)–C–C–N with tert-alkyl or cyclic N) is 1. The number of nitrogens with one attached hydrogen (secondary N) is 1. The van der Waals surface area contributed by atoms with E-state index in [-0.39, 0.29) is 17.0 Å². The van der Waals surface area contributed by atoms with Gasteiger partial charge in [-0.25, -0.2) is 4.98 Å². The summed E-state index contributed by atoms with van der Waals surface area (Å²) < 4.78 is 5.40. The summed E-state index contributed by atoms with van der Waals surface area (Å²) >= 11 is 0. The van der Waals surface area contributed by atoms with Crippen molar-refractivity contribution < 1.29 is 14.8 Å². The first-order valence-electron chi connectivity index (χ1n) is 8.10. The molecule has 0 radical (unpaired) electrons. The van der Waals surface area contributed by atoms with Crippen molar-refractivity contribution in [3.63, 3.8) is 0 Å². The summed E-state index contributed by atoms with van der Waals surface area (Å²) in [6.07, 6.45) is 3.41. The molecule has 0 spiro atoms. The number of aromatic amines is 1. The van der Waals surface area contributed by atoms with Gasteiger partial charge >= 0.3 is 0 Å². The lowest BCUT2D eigenvalue weighted by molar-refractivity contribution is 0.167. The summed E-state index contributed by atoms with van der Waals surface area (Å²) in [5.41, 5.74) is 0.619. The average molecular weight is 357 g/mol. The number of aliphatic hydroxyl groups excluding tert-OH is 1. The van der Waals surface area contributed by atoms with Gasteiger partial charge < -0.3 is 25.0 Å². The maximum Gasteiger partial charge on any atom is 0.244 e. The molecule has 1 saturated heterocycles. The standard InChI is InChI=1S/C16H17N6O4/c23-12-7-13(21(8-12)9-14-17-4-5-18-14)16-19-15(20-26-16)10-2-1-3-11(6-10)22(24)25/h1-6,12-13,23-24H,7-9H2,(H,17,18)/q-1. The summed E-state index contributed by atoms with van der Waals surface area (Å²) in [4.78, 5) is 13.7. The molecule has 0 saturated carbocycles. The lowest BCUT2D eigenvalue weighted by Gasteiger charge is -2.21. The molecule has 0 bridgehead atoms. The maximum absolute atomic E-state index is 11.0. The molecule has 3 heterocycles. The second kappa shape index (κ2) is 6.84. The monoisotopic (exact) mass is 357 g/mol. The van der Waals surface area contributed by atoms with Crippen LogP contribution in [0.3, 0.4) is 0 Å². The molecule has 10 heteroatoms.